The lowest BCUT2D eigenvalue weighted by atomic mass is 10.2. The van der Waals surface area contributed by atoms with Crippen molar-refractivity contribution in [2.24, 2.45) is 0 Å². The summed E-state index contributed by atoms with van der Waals surface area (Å²) in [6, 6.07) is 14.2. The number of carbonyl (C=O) groups excluding carboxylic acids is 1. The van der Waals surface area contributed by atoms with Crippen LogP contribution in [-0.4, -0.2) is 34.6 Å². The molecule has 3 rings (SSSR count). The topological polar surface area (TPSA) is 68.5 Å². The van der Waals surface area contributed by atoms with E-state index in [1.165, 1.54) is 4.90 Å². The second kappa shape index (κ2) is 8.71. The van der Waals surface area contributed by atoms with Gasteiger partial charge in [-0.05, 0) is 42.8 Å². The number of carbonyl (C=O) groups is 1. The molecule has 6 nitrogen and oxygen atoms in total. The Morgan fingerprint density at radius 3 is 2.79 bits per heavy atom. The minimum atomic E-state index is -0.182. The molecule has 0 unspecified atom stereocenters. The molecule has 0 saturated carbocycles. The first-order valence-electron chi connectivity index (χ1n) is 8.64. The third-order valence-electron chi connectivity index (χ3n) is 3.87. The van der Waals surface area contributed by atoms with E-state index < -0.39 is 0 Å². The molecule has 0 saturated heterocycles. The highest BCUT2D eigenvalue weighted by atomic mass is 35.5. The van der Waals surface area contributed by atoms with Crippen molar-refractivity contribution in [3.05, 3.63) is 77.2 Å². The van der Waals surface area contributed by atoms with Crippen LogP contribution in [0.2, 0.25) is 5.02 Å². The Kier molecular flexibility index (Phi) is 6.11. The Balaban J connectivity index is 1.69. The molecule has 0 spiro atoms. The number of benzene rings is 2. The summed E-state index contributed by atoms with van der Waals surface area (Å²) in [5.74, 6) is 1.14. The zero-order chi connectivity index (χ0) is 20.1. The highest BCUT2D eigenvalue weighted by molar-refractivity contribution is 6.33. The van der Waals surface area contributed by atoms with Crippen LogP contribution in [-0.2, 0) is 6.54 Å². The predicted octanol–water partition coefficient (Wildman–Crippen LogP) is 4.62. The Morgan fingerprint density at radius 2 is 2.04 bits per heavy atom. The number of rotatable bonds is 7. The summed E-state index contributed by atoms with van der Waals surface area (Å²) in [6.07, 6.45) is 0. The molecule has 0 aliphatic heterocycles. The first kappa shape index (κ1) is 19.6. The fourth-order valence-corrected chi connectivity index (χ4v) is 2.71. The predicted molar refractivity (Wildman–Crippen MR) is 107 cm³/mol. The van der Waals surface area contributed by atoms with Crippen molar-refractivity contribution >= 4 is 17.5 Å². The van der Waals surface area contributed by atoms with Gasteiger partial charge in [0, 0.05) is 18.2 Å². The van der Waals surface area contributed by atoms with Gasteiger partial charge in [0.1, 0.15) is 12.4 Å². The Hall–Kier alpha value is -3.12. The lowest BCUT2D eigenvalue weighted by molar-refractivity contribution is 0.0769. The molecule has 0 radical (unpaired) electrons. The van der Waals surface area contributed by atoms with Gasteiger partial charge in [-0.25, -0.2) is 0 Å². The summed E-state index contributed by atoms with van der Waals surface area (Å²) in [5.41, 5.74) is 2.09. The summed E-state index contributed by atoms with van der Waals surface area (Å²) in [4.78, 5) is 18.5. The standard InChI is InChI=1S/C21H20ClN3O3/c1-14(2)13-27-16-8-6-7-15(11-16)21(26)25(3)12-19-23-20(24-28-19)17-9-4-5-10-18(17)22/h4-11H,1,12-13H2,2-3H3. The van der Waals surface area contributed by atoms with Crippen LogP contribution in [0.5, 0.6) is 5.75 Å². The maximum absolute atomic E-state index is 12.7. The Morgan fingerprint density at radius 1 is 1.25 bits per heavy atom. The average molecular weight is 398 g/mol. The van der Waals surface area contributed by atoms with E-state index in [1.54, 1.807) is 37.4 Å². The minimum absolute atomic E-state index is 0.174. The molecule has 28 heavy (non-hydrogen) atoms. The largest absolute Gasteiger partial charge is 0.489 e. The number of ether oxygens (including phenoxy) is 1. The molecule has 7 heteroatoms. The van der Waals surface area contributed by atoms with Gasteiger partial charge in [0.2, 0.25) is 11.7 Å². The van der Waals surface area contributed by atoms with Crippen LogP contribution in [0.4, 0.5) is 0 Å². The van der Waals surface area contributed by atoms with E-state index in [-0.39, 0.29) is 12.5 Å². The molecule has 1 heterocycles. The molecule has 0 aliphatic carbocycles. The fourth-order valence-electron chi connectivity index (χ4n) is 2.49. The van der Waals surface area contributed by atoms with Gasteiger partial charge in [-0.2, -0.15) is 4.98 Å². The number of hydrogen-bond acceptors (Lipinski definition) is 5. The maximum Gasteiger partial charge on any atom is 0.254 e. The van der Waals surface area contributed by atoms with Gasteiger partial charge in [0.15, 0.2) is 0 Å². The minimum Gasteiger partial charge on any atom is -0.489 e. The van der Waals surface area contributed by atoms with E-state index >= 15 is 0 Å². The van der Waals surface area contributed by atoms with Crippen LogP contribution in [0.25, 0.3) is 11.4 Å². The number of hydrogen-bond donors (Lipinski definition) is 0. The molecule has 0 atom stereocenters. The van der Waals surface area contributed by atoms with Crippen molar-refractivity contribution in [2.75, 3.05) is 13.7 Å². The maximum atomic E-state index is 12.7. The van der Waals surface area contributed by atoms with Gasteiger partial charge in [-0.15, -0.1) is 0 Å². The van der Waals surface area contributed by atoms with E-state index in [0.29, 0.717) is 40.2 Å². The number of nitrogens with zero attached hydrogens (tertiary/aromatic N) is 3. The van der Waals surface area contributed by atoms with Crippen molar-refractivity contribution in [3.63, 3.8) is 0 Å². The lowest BCUT2D eigenvalue weighted by Gasteiger charge is -2.15. The van der Waals surface area contributed by atoms with Crippen LogP contribution >= 0.6 is 11.6 Å². The van der Waals surface area contributed by atoms with Crippen molar-refractivity contribution < 1.29 is 14.1 Å². The third kappa shape index (κ3) is 4.78. The molecule has 0 N–H and O–H groups in total. The molecule has 144 valence electrons. The molecule has 2 aromatic carbocycles. The van der Waals surface area contributed by atoms with E-state index in [2.05, 4.69) is 16.7 Å². The van der Waals surface area contributed by atoms with Crippen LogP contribution in [0, 0.1) is 0 Å². The van der Waals surface area contributed by atoms with Gasteiger partial charge < -0.3 is 14.2 Å². The first-order valence-corrected chi connectivity index (χ1v) is 9.02. The number of halogens is 1. The monoisotopic (exact) mass is 397 g/mol. The fraction of sp³-hybridized carbons (Fsp3) is 0.190. The molecule has 0 aliphatic rings. The molecular weight excluding hydrogens is 378 g/mol. The number of amides is 1. The van der Waals surface area contributed by atoms with Gasteiger partial charge in [0.25, 0.3) is 5.91 Å². The highest BCUT2D eigenvalue weighted by Gasteiger charge is 2.17. The van der Waals surface area contributed by atoms with Crippen molar-refractivity contribution in [1.82, 2.24) is 15.0 Å². The summed E-state index contributed by atoms with van der Waals surface area (Å²) >= 11 is 6.16. The van der Waals surface area contributed by atoms with Crippen molar-refractivity contribution in [2.45, 2.75) is 13.5 Å². The average Bonchev–Trinajstić information content (AvgIpc) is 3.14. The van der Waals surface area contributed by atoms with Crippen LogP contribution in [0.3, 0.4) is 0 Å². The molecule has 0 bridgehead atoms. The normalized spacial score (nSPS) is 10.5. The summed E-state index contributed by atoms with van der Waals surface area (Å²) in [6.45, 7) is 6.26. The molecular formula is C21H20ClN3O3. The molecule has 3 aromatic rings. The van der Waals surface area contributed by atoms with E-state index in [9.17, 15) is 4.79 Å². The smallest absolute Gasteiger partial charge is 0.254 e. The second-order valence-electron chi connectivity index (χ2n) is 6.43. The lowest BCUT2D eigenvalue weighted by Crippen LogP contribution is -2.26. The Bertz CT molecular complexity index is 1000. The Labute approximate surface area is 168 Å². The molecule has 1 aromatic heterocycles. The highest BCUT2D eigenvalue weighted by Crippen LogP contribution is 2.25. The quantitative estimate of drug-likeness (QED) is 0.544. The summed E-state index contributed by atoms with van der Waals surface area (Å²) in [7, 11) is 1.67. The van der Waals surface area contributed by atoms with E-state index in [4.69, 9.17) is 20.9 Å². The van der Waals surface area contributed by atoms with Crippen LogP contribution in [0.1, 0.15) is 23.2 Å². The van der Waals surface area contributed by atoms with Crippen molar-refractivity contribution in [3.8, 4) is 17.1 Å². The second-order valence-corrected chi connectivity index (χ2v) is 6.83. The van der Waals surface area contributed by atoms with Gasteiger partial charge in [0.05, 0.1) is 11.6 Å². The zero-order valence-electron chi connectivity index (χ0n) is 15.7. The number of aromatic nitrogens is 2. The van der Waals surface area contributed by atoms with Crippen molar-refractivity contribution in [1.29, 1.82) is 0 Å². The zero-order valence-corrected chi connectivity index (χ0v) is 16.4. The van der Waals surface area contributed by atoms with E-state index in [1.807, 2.05) is 25.1 Å². The van der Waals surface area contributed by atoms with Gasteiger partial charge >= 0.3 is 0 Å². The van der Waals surface area contributed by atoms with Gasteiger partial charge in [-0.3, -0.25) is 4.79 Å². The van der Waals surface area contributed by atoms with Gasteiger partial charge in [-0.1, -0.05) is 41.5 Å². The van der Waals surface area contributed by atoms with E-state index in [0.717, 1.165) is 5.57 Å². The molecule has 0 fully saturated rings. The summed E-state index contributed by atoms with van der Waals surface area (Å²) < 4.78 is 10.9. The third-order valence-corrected chi connectivity index (χ3v) is 4.20. The van der Waals surface area contributed by atoms with Crippen LogP contribution < -0.4 is 4.74 Å². The summed E-state index contributed by atoms with van der Waals surface area (Å²) in [5, 5.41) is 4.48. The molecule has 1 amide bonds. The van der Waals surface area contributed by atoms with Crippen LogP contribution in [0.15, 0.2) is 65.2 Å². The first-order chi connectivity index (χ1) is 13.4. The SMILES string of the molecule is C=C(C)COc1cccc(C(=O)N(C)Cc2nc(-c3ccccc3Cl)no2)c1.